The van der Waals surface area contributed by atoms with Crippen LogP contribution in [0.3, 0.4) is 0 Å². The van der Waals surface area contributed by atoms with Crippen LogP contribution in [0, 0.1) is 17.3 Å². The highest BCUT2D eigenvalue weighted by molar-refractivity contribution is 5.80. The van der Waals surface area contributed by atoms with Crippen molar-refractivity contribution < 1.29 is 29.2 Å². The molecule has 0 aromatic rings. The summed E-state index contributed by atoms with van der Waals surface area (Å²) in [6, 6.07) is 0. The molecule has 3 aliphatic heterocycles. The summed E-state index contributed by atoms with van der Waals surface area (Å²) in [5, 5.41) is 22.4. The van der Waals surface area contributed by atoms with E-state index in [9.17, 15) is 15.0 Å². The summed E-state index contributed by atoms with van der Waals surface area (Å²) in [7, 11) is 0. The van der Waals surface area contributed by atoms with Crippen LogP contribution in [0.25, 0.3) is 0 Å². The highest BCUT2D eigenvalue weighted by Gasteiger charge is 2.94. The molecule has 0 amide bonds. The summed E-state index contributed by atoms with van der Waals surface area (Å²) < 4.78 is 16.7. The zero-order chi connectivity index (χ0) is 14.9. The van der Waals surface area contributed by atoms with Crippen molar-refractivity contribution >= 4 is 5.97 Å². The first kappa shape index (κ1) is 12.6. The van der Waals surface area contributed by atoms with Gasteiger partial charge in [-0.05, 0) is 6.92 Å². The Morgan fingerprint density at radius 2 is 2.10 bits per heavy atom. The first-order chi connectivity index (χ1) is 9.80. The van der Waals surface area contributed by atoms with Gasteiger partial charge in [-0.25, -0.2) is 0 Å². The van der Waals surface area contributed by atoms with Gasteiger partial charge in [0.05, 0.1) is 17.9 Å². The predicted octanol–water partition coefficient (Wildman–Crippen LogP) is -0.618. The SMILES string of the molecule is C=C(C)[C@@H]1C2C(=O)O[C@H]1[C@@H](O)[C@@]1(C)[C@@]3(CO3)[C@@H]3O[C@@H]3[C@@]21O. The van der Waals surface area contributed by atoms with Crippen LogP contribution < -0.4 is 0 Å². The molecule has 5 fully saturated rings. The molecular weight excluding hydrogens is 276 g/mol. The highest BCUT2D eigenvalue weighted by atomic mass is 16.7. The molecule has 9 atom stereocenters. The molecular formula is C15H18O6. The summed E-state index contributed by atoms with van der Waals surface area (Å²) in [5.41, 5.74) is -2.38. The van der Waals surface area contributed by atoms with Crippen LogP contribution in [0.15, 0.2) is 12.2 Å². The summed E-state index contributed by atoms with van der Waals surface area (Å²) in [6.07, 6.45) is -2.37. The molecule has 0 aromatic heterocycles. The van der Waals surface area contributed by atoms with Crippen molar-refractivity contribution in [1.29, 1.82) is 0 Å². The van der Waals surface area contributed by atoms with Crippen molar-refractivity contribution in [2.45, 2.75) is 49.5 Å². The Bertz CT molecular complexity index is 597. The lowest BCUT2D eigenvalue weighted by Crippen LogP contribution is -2.70. The fourth-order valence-electron chi connectivity index (χ4n) is 5.49. The van der Waals surface area contributed by atoms with E-state index in [0.717, 1.165) is 5.57 Å². The number of epoxide rings is 2. The van der Waals surface area contributed by atoms with Crippen LogP contribution in [0.4, 0.5) is 0 Å². The van der Waals surface area contributed by atoms with Crippen LogP contribution in [0.1, 0.15) is 13.8 Å². The number of esters is 1. The maximum atomic E-state index is 12.4. The smallest absolute Gasteiger partial charge is 0.313 e. The molecule has 5 rings (SSSR count). The van der Waals surface area contributed by atoms with Crippen LogP contribution in [-0.2, 0) is 19.0 Å². The van der Waals surface area contributed by atoms with Gasteiger partial charge in [0.15, 0.2) is 0 Å². The molecule has 6 heteroatoms. The average molecular weight is 294 g/mol. The van der Waals surface area contributed by atoms with Crippen LogP contribution in [0.5, 0.6) is 0 Å². The van der Waals surface area contributed by atoms with Gasteiger partial charge in [0.2, 0.25) is 0 Å². The third kappa shape index (κ3) is 0.958. The molecule has 21 heavy (non-hydrogen) atoms. The number of aliphatic hydroxyl groups is 2. The third-order valence-electron chi connectivity index (χ3n) is 6.72. The predicted molar refractivity (Wildman–Crippen MR) is 68.1 cm³/mol. The normalized spacial score (nSPS) is 65.8. The van der Waals surface area contributed by atoms with Crippen molar-refractivity contribution in [3.05, 3.63) is 12.2 Å². The van der Waals surface area contributed by atoms with E-state index >= 15 is 0 Å². The molecule has 1 unspecified atom stereocenters. The molecule has 6 nitrogen and oxygen atoms in total. The van der Waals surface area contributed by atoms with E-state index in [1.54, 1.807) is 13.8 Å². The van der Waals surface area contributed by atoms with Crippen LogP contribution >= 0.6 is 0 Å². The molecule has 1 spiro atoms. The van der Waals surface area contributed by atoms with Gasteiger partial charge in [-0.3, -0.25) is 4.79 Å². The molecule has 0 radical (unpaired) electrons. The highest BCUT2D eigenvalue weighted by Crippen LogP contribution is 2.75. The Kier molecular flexibility index (Phi) is 1.83. The summed E-state index contributed by atoms with van der Waals surface area (Å²) in [4.78, 5) is 12.4. The minimum atomic E-state index is -1.47. The van der Waals surface area contributed by atoms with Crippen molar-refractivity contribution in [3.63, 3.8) is 0 Å². The van der Waals surface area contributed by atoms with E-state index in [2.05, 4.69) is 6.58 Å². The van der Waals surface area contributed by atoms with Crippen LogP contribution in [-0.4, -0.2) is 58.4 Å². The van der Waals surface area contributed by atoms with Gasteiger partial charge >= 0.3 is 5.97 Å². The minimum Gasteiger partial charge on any atom is -0.459 e. The second kappa shape index (κ2) is 3.06. The van der Waals surface area contributed by atoms with Gasteiger partial charge < -0.3 is 24.4 Å². The lowest BCUT2D eigenvalue weighted by molar-refractivity contribution is -0.232. The largest absolute Gasteiger partial charge is 0.459 e. The van der Waals surface area contributed by atoms with E-state index in [1.165, 1.54) is 0 Å². The van der Waals surface area contributed by atoms with E-state index in [4.69, 9.17) is 14.2 Å². The van der Waals surface area contributed by atoms with Gasteiger partial charge in [0.25, 0.3) is 0 Å². The Morgan fingerprint density at radius 3 is 2.67 bits per heavy atom. The van der Waals surface area contributed by atoms with Crippen molar-refractivity contribution in [2.24, 2.45) is 17.3 Å². The van der Waals surface area contributed by atoms with Gasteiger partial charge in [-0.15, -0.1) is 0 Å². The fraction of sp³-hybridized carbons (Fsp3) is 0.800. The van der Waals surface area contributed by atoms with E-state index < -0.39 is 46.8 Å². The maximum Gasteiger partial charge on any atom is 0.313 e. The molecule has 2 N–H and O–H groups in total. The number of hydrogen-bond donors (Lipinski definition) is 2. The number of ether oxygens (including phenoxy) is 3. The Balaban J connectivity index is 1.76. The first-order valence-electron chi connectivity index (χ1n) is 7.36. The maximum absolute atomic E-state index is 12.4. The first-order valence-corrected chi connectivity index (χ1v) is 7.36. The lowest BCUT2D eigenvalue weighted by Gasteiger charge is -2.54. The summed E-state index contributed by atoms with van der Waals surface area (Å²) in [5.74, 6) is -1.60. The van der Waals surface area contributed by atoms with E-state index in [0.29, 0.717) is 6.61 Å². The number of fused-ring (bicyclic) bond motifs is 8. The second-order valence-electron chi connectivity index (χ2n) is 7.38. The molecule has 2 bridgehead atoms. The van der Waals surface area contributed by atoms with Gasteiger partial charge in [-0.2, -0.15) is 0 Å². The molecule has 114 valence electrons. The van der Waals surface area contributed by atoms with Gasteiger partial charge in [-0.1, -0.05) is 19.1 Å². The Labute approximate surface area is 121 Å². The Hall–Kier alpha value is -0.950. The van der Waals surface area contributed by atoms with Gasteiger partial charge in [0.1, 0.15) is 35.6 Å². The molecule has 0 aromatic carbocycles. The topological polar surface area (TPSA) is 91.8 Å². The quantitative estimate of drug-likeness (QED) is 0.380. The van der Waals surface area contributed by atoms with Gasteiger partial charge in [0, 0.05) is 5.92 Å². The number of aliphatic hydroxyl groups excluding tert-OH is 1. The third-order valence-corrected chi connectivity index (χ3v) is 6.72. The number of rotatable bonds is 1. The monoisotopic (exact) mass is 294 g/mol. The summed E-state index contributed by atoms with van der Waals surface area (Å²) >= 11 is 0. The van der Waals surface area contributed by atoms with E-state index in [-0.39, 0.29) is 12.0 Å². The van der Waals surface area contributed by atoms with E-state index in [1.807, 2.05) is 0 Å². The summed E-state index contributed by atoms with van der Waals surface area (Å²) in [6.45, 7) is 7.96. The molecule has 3 heterocycles. The minimum absolute atomic E-state index is 0.236. The van der Waals surface area contributed by atoms with Crippen LogP contribution in [0.2, 0.25) is 0 Å². The number of hydrogen-bond acceptors (Lipinski definition) is 6. The number of carbonyl (C=O) groups excluding carboxylic acids is 1. The zero-order valence-electron chi connectivity index (χ0n) is 11.9. The number of carbonyl (C=O) groups is 1. The molecule has 5 aliphatic rings. The molecule has 2 saturated carbocycles. The average Bonchev–Trinajstić information content (AvgIpc) is 3.27. The lowest BCUT2D eigenvalue weighted by atomic mass is 9.52. The zero-order valence-corrected chi connectivity index (χ0v) is 11.9. The standard InChI is InChI=1S/C15H18O6/c1-5(2)6-7-12(17)20-8(6)9(16)13(3)14(4-19-14)10-11(21-10)15(7,13)18/h6-11,16,18H,1,4H2,2-3H3/t6-,7?,8-,9-,10-,11+,13+,14-,15+/m1/s1. The second-order valence-corrected chi connectivity index (χ2v) is 7.38. The molecule has 3 saturated heterocycles. The fourth-order valence-corrected chi connectivity index (χ4v) is 5.49. The Morgan fingerprint density at radius 1 is 1.43 bits per heavy atom. The van der Waals surface area contributed by atoms with Crippen molar-refractivity contribution in [1.82, 2.24) is 0 Å². The van der Waals surface area contributed by atoms with Crippen molar-refractivity contribution in [3.8, 4) is 0 Å². The van der Waals surface area contributed by atoms with Crippen molar-refractivity contribution in [2.75, 3.05) is 6.61 Å². The molecule has 2 aliphatic carbocycles.